The molecule has 3 unspecified atom stereocenters. The SMILES string of the molecule is CC(NCC1CCC(C(=O)O)O1)c1ccsc1. The third-order valence-electron chi connectivity index (χ3n) is 3.08. The maximum atomic E-state index is 10.7. The fourth-order valence-electron chi connectivity index (χ4n) is 1.98. The predicted molar refractivity (Wildman–Crippen MR) is 66.3 cm³/mol. The highest BCUT2D eigenvalue weighted by molar-refractivity contribution is 7.07. The summed E-state index contributed by atoms with van der Waals surface area (Å²) in [5.41, 5.74) is 1.27. The maximum Gasteiger partial charge on any atom is 0.332 e. The van der Waals surface area contributed by atoms with E-state index in [1.807, 2.05) is 0 Å². The lowest BCUT2D eigenvalue weighted by Gasteiger charge is -2.16. The van der Waals surface area contributed by atoms with E-state index in [0.29, 0.717) is 13.0 Å². The van der Waals surface area contributed by atoms with Crippen molar-refractivity contribution in [1.82, 2.24) is 5.32 Å². The molecule has 1 aliphatic rings. The number of thiophene rings is 1. The Bertz CT molecular complexity index is 366. The molecule has 94 valence electrons. The molecule has 2 rings (SSSR count). The second-order valence-corrected chi connectivity index (χ2v) is 5.13. The first-order chi connectivity index (χ1) is 8.16. The van der Waals surface area contributed by atoms with Crippen LogP contribution in [0, 0.1) is 0 Å². The van der Waals surface area contributed by atoms with Crippen molar-refractivity contribution in [3.63, 3.8) is 0 Å². The smallest absolute Gasteiger partial charge is 0.332 e. The molecule has 0 bridgehead atoms. The number of carbonyl (C=O) groups is 1. The number of hydrogen-bond acceptors (Lipinski definition) is 4. The summed E-state index contributed by atoms with van der Waals surface area (Å²) in [6.07, 6.45) is 0.852. The lowest BCUT2D eigenvalue weighted by Crippen LogP contribution is -2.30. The largest absolute Gasteiger partial charge is 0.479 e. The minimum atomic E-state index is -0.849. The summed E-state index contributed by atoms with van der Waals surface area (Å²) >= 11 is 1.68. The first-order valence-electron chi connectivity index (χ1n) is 5.80. The van der Waals surface area contributed by atoms with Crippen LogP contribution in [0.25, 0.3) is 0 Å². The summed E-state index contributed by atoms with van der Waals surface area (Å²) in [5, 5.41) is 16.4. The van der Waals surface area contributed by atoms with E-state index < -0.39 is 12.1 Å². The monoisotopic (exact) mass is 255 g/mol. The van der Waals surface area contributed by atoms with Gasteiger partial charge in [-0.05, 0) is 42.2 Å². The molecule has 4 nitrogen and oxygen atoms in total. The second-order valence-electron chi connectivity index (χ2n) is 4.35. The number of carboxylic acids is 1. The van der Waals surface area contributed by atoms with Gasteiger partial charge in [-0.3, -0.25) is 0 Å². The van der Waals surface area contributed by atoms with Gasteiger partial charge in [0.05, 0.1) is 6.10 Å². The molecule has 1 aliphatic heterocycles. The highest BCUT2D eigenvalue weighted by Gasteiger charge is 2.30. The van der Waals surface area contributed by atoms with Crippen molar-refractivity contribution < 1.29 is 14.6 Å². The highest BCUT2D eigenvalue weighted by atomic mass is 32.1. The molecule has 1 aromatic rings. The van der Waals surface area contributed by atoms with E-state index in [9.17, 15) is 4.79 Å². The van der Waals surface area contributed by atoms with Gasteiger partial charge in [0.2, 0.25) is 0 Å². The molecule has 0 amide bonds. The average molecular weight is 255 g/mol. The summed E-state index contributed by atoms with van der Waals surface area (Å²) in [6, 6.07) is 2.38. The van der Waals surface area contributed by atoms with Gasteiger partial charge in [0, 0.05) is 12.6 Å². The van der Waals surface area contributed by atoms with Crippen LogP contribution < -0.4 is 5.32 Å². The molecule has 5 heteroatoms. The van der Waals surface area contributed by atoms with E-state index in [2.05, 4.69) is 29.1 Å². The summed E-state index contributed by atoms with van der Waals surface area (Å²) < 4.78 is 5.43. The molecule has 0 spiro atoms. The lowest BCUT2D eigenvalue weighted by molar-refractivity contribution is -0.149. The normalized spacial score (nSPS) is 25.9. The zero-order valence-corrected chi connectivity index (χ0v) is 10.6. The quantitative estimate of drug-likeness (QED) is 0.845. The van der Waals surface area contributed by atoms with E-state index in [1.54, 1.807) is 11.3 Å². The van der Waals surface area contributed by atoms with Crippen LogP contribution in [-0.4, -0.2) is 29.8 Å². The molecule has 1 fully saturated rings. The molecule has 2 heterocycles. The van der Waals surface area contributed by atoms with Crippen molar-refractivity contribution >= 4 is 17.3 Å². The summed E-state index contributed by atoms with van der Waals surface area (Å²) in [4.78, 5) is 10.7. The van der Waals surface area contributed by atoms with Crippen LogP contribution in [-0.2, 0) is 9.53 Å². The average Bonchev–Trinajstić information content (AvgIpc) is 2.97. The molecule has 2 N–H and O–H groups in total. The van der Waals surface area contributed by atoms with Crippen molar-refractivity contribution in [3.8, 4) is 0 Å². The van der Waals surface area contributed by atoms with E-state index in [4.69, 9.17) is 9.84 Å². The van der Waals surface area contributed by atoms with Gasteiger partial charge in [0.1, 0.15) is 0 Å². The van der Waals surface area contributed by atoms with Crippen LogP contribution in [0.3, 0.4) is 0 Å². The highest BCUT2D eigenvalue weighted by Crippen LogP contribution is 2.21. The minimum absolute atomic E-state index is 0.0252. The van der Waals surface area contributed by atoms with Crippen molar-refractivity contribution in [3.05, 3.63) is 22.4 Å². The number of nitrogens with one attached hydrogen (secondary N) is 1. The number of rotatable bonds is 5. The van der Waals surface area contributed by atoms with Gasteiger partial charge in [0.15, 0.2) is 6.10 Å². The molecule has 1 saturated heterocycles. The van der Waals surface area contributed by atoms with Gasteiger partial charge < -0.3 is 15.2 Å². The summed E-state index contributed by atoms with van der Waals surface area (Å²) in [5.74, 6) is -0.849. The minimum Gasteiger partial charge on any atom is -0.479 e. The molecule has 0 aliphatic carbocycles. The van der Waals surface area contributed by atoms with Crippen molar-refractivity contribution in [1.29, 1.82) is 0 Å². The van der Waals surface area contributed by atoms with Crippen LogP contribution in [0.2, 0.25) is 0 Å². The summed E-state index contributed by atoms with van der Waals surface area (Å²) in [6.45, 7) is 2.81. The lowest BCUT2D eigenvalue weighted by atomic mass is 10.1. The molecule has 0 aromatic carbocycles. The molecule has 17 heavy (non-hydrogen) atoms. The van der Waals surface area contributed by atoms with Gasteiger partial charge in [-0.2, -0.15) is 11.3 Å². The Labute approximate surface area is 105 Å². The Hall–Kier alpha value is -0.910. The standard InChI is InChI=1S/C12H17NO3S/c1-8(9-4-5-17-7-9)13-6-10-2-3-11(16-10)12(14)15/h4-5,7-8,10-11,13H,2-3,6H2,1H3,(H,14,15). The Morgan fingerprint density at radius 3 is 3.12 bits per heavy atom. The number of hydrogen-bond donors (Lipinski definition) is 2. The maximum absolute atomic E-state index is 10.7. The van der Waals surface area contributed by atoms with Crippen LogP contribution in [0.5, 0.6) is 0 Å². The Kier molecular flexibility index (Phi) is 4.15. The Balaban J connectivity index is 1.74. The van der Waals surface area contributed by atoms with Crippen LogP contribution in [0.4, 0.5) is 0 Å². The number of ether oxygens (including phenoxy) is 1. The molecule has 0 radical (unpaired) electrons. The van der Waals surface area contributed by atoms with Gasteiger partial charge in [-0.1, -0.05) is 0 Å². The third-order valence-corrected chi connectivity index (χ3v) is 3.78. The van der Waals surface area contributed by atoms with Crippen LogP contribution in [0.15, 0.2) is 16.8 Å². The van der Waals surface area contributed by atoms with Crippen molar-refractivity contribution in [2.75, 3.05) is 6.54 Å². The van der Waals surface area contributed by atoms with Crippen molar-refractivity contribution in [2.24, 2.45) is 0 Å². The van der Waals surface area contributed by atoms with Crippen molar-refractivity contribution in [2.45, 2.75) is 38.0 Å². The number of carboxylic acid groups (broad SMARTS) is 1. The molecular weight excluding hydrogens is 238 g/mol. The van der Waals surface area contributed by atoms with E-state index in [0.717, 1.165) is 6.42 Å². The zero-order valence-electron chi connectivity index (χ0n) is 9.76. The third kappa shape index (κ3) is 3.28. The molecule has 3 atom stereocenters. The van der Waals surface area contributed by atoms with Crippen LogP contribution >= 0.6 is 11.3 Å². The number of aliphatic carboxylic acids is 1. The zero-order chi connectivity index (χ0) is 12.3. The Morgan fingerprint density at radius 2 is 2.53 bits per heavy atom. The van der Waals surface area contributed by atoms with Gasteiger partial charge in [0.25, 0.3) is 0 Å². The fraction of sp³-hybridized carbons (Fsp3) is 0.583. The van der Waals surface area contributed by atoms with Gasteiger partial charge in [-0.25, -0.2) is 4.79 Å². The summed E-state index contributed by atoms with van der Waals surface area (Å²) in [7, 11) is 0. The van der Waals surface area contributed by atoms with Gasteiger partial charge in [-0.15, -0.1) is 0 Å². The first-order valence-corrected chi connectivity index (χ1v) is 6.75. The molecule has 1 aromatic heterocycles. The second kappa shape index (κ2) is 5.62. The fourth-order valence-corrected chi connectivity index (χ4v) is 2.74. The van der Waals surface area contributed by atoms with E-state index >= 15 is 0 Å². The van der Waals surface area contributed by atoms with Crippen LogP contribution in [0.1, 0.15) is 31.4 Å². The first kappa shape index (κ1) is 12.5. The van der Waals surface area contributed by atoms with Gasteiger partial charge >= 0.3 is 5.97 Å². The molecular formula is C12H17NO3S. The van der Waals surface area contributed by atoms with E-state index in [1.165, 1.54) is 5.56 Å². The predicted octanol–water partition coefficient (Wildman–Crippen LogP) is 2.03. The topological polar surface area (TPSA) is 58.6 Å². The van der Waals surface area contributed by atoms with E-state index in [-0.39, 0.29) is 12.1 Å². The molecule has 0 saturated carbocycles. The Morgan fingerprint density at radius 1 is 1.71 bits per heavy atom.